The molecular weight excluding hydrogens is 342 g/mol. The summed E-state index contributed by atoms with van der Waals surface area (Å²) in [6, 6.07) is 5.94. The van der Waals surface area contributed by atoms with Gasteiger partial charge in [0.05, 0.1) is 18.4 Å². The lowest BCUT2D eigenvalue weighted by atomic mass is 10.0. The standard InChI is InChI=1S/C17H21N3O4S/c1-11-8-13(24-2)5-4-12(11)9-20-7-6-15-14(10-20)16(21)19-17(18-15)25(3,22)23/h4-5,8H,6-7,9-10H2,1-3H3,(H,18,19,21). The highest BCUT2D eigenvalue weighted by molar-refractivity contribution is 7.90. The van der Waals surface area contributed by atoms with Gasteiger partial charge >= 0.3 is 0 Å². The van der Waals surface area contributed by atoms with E-state index in [-0.39, 0.29) is 10.7 Å². The fourth-order valence-corrected chi connectivity index (χ4v) is 3.54. The summed E-state index contributed by atoms with van der Waals surface area (Å²) >= 11 is 0. The second kappa shape index (κ2) is 6.61. The number of H-pyrrole nitrogens is 1. The zero-order valence-corrected chi connectivity index (χ0v) is 15.3. The first kappa shape index (κ1) is 17.6. The van der Waals surface area contributed by atoms with Gasteiger partial charge in [-0.1, -0.05) is 6.07 Å². The number of benzene rings is 1. The molecule has 8 heteroatoms. The average Bonchev–Trinajstić information content (AvgIpc) is 2.56. The van der Waals surface area contributed by atoms with Crippen LogP contribution in [-0.4, -0.2) is 43.2 Å². The molecule has 3 rings (SSSR count). The summed E-state index contributed by atoms with van der Waals surface area (Å²) in [4.78, 5) is 21.0. The minimum atomic E-state index is -3.53. The molecule has 1 aliphatic rings. The third-order valence-electron chi connectivity index (χ3n) is 4.42. The topological polar surface area (TPSA) is 92.4 Å². The van der Waals surface area contributed by atoms with Crippen molar-refractivity contribution in [1.82, 2.24) is 14.9 Å². The van der Waals surface area contributed by atoms with Gasteiger partial charge in [-0.05, 0) is 30.2 Å². The van der Waals surface area contributed by atoms with E-state index in [2.05, 4.69) is 14.9 Å². The Labute approximate surface area is 146 Å². The van der Waals surface area contributed by atoms with Crippen LogP contribution >= 0.6 is 0 Å². The minimum absolute atomic E-state index is 0.254. The Morgan fingerprint density at radius 2 is 2.12 bits per heavy atom. The van der Waals surface area contributed by atoms with Gasteiger partial charge in [0, 0.05) is 32.3 Å². The van der Waals surface area contributed by atoms with E-state index < -0.39 is 9.84 Å². The first-order valence-corrected chi connectivity index (χ1v) is 9.85. The fraction of sp³-hybridized carbons (Fsp3) is 0.412. The molecule has 134 valence electrons. The second-order valence-electron chi connectivity index (χ2n) is 6.32. The predicted molar refractivity (Wildman–Crippen MR) is 93.5 cm³/mol. The lowest BCUT2D eigenvalue weighted by Crippen LogP contribution is -2.36. The summed E-state index contributed by atoms with van der Waals surface area (Å²) in [5, 5.41) is -0.254. The summed E-state index contributed by atoms with van der Waals surface area (Å²) in [5.74, 6) is 0.819. The molecule has 0 amide bonds. The van der Waals surface area contributed by atoms with E-state index in [4.69, 9.17) is 4.74 Å². The number of rotatable bonds is 4. The molecule has 0 bridgehead atoms. The summed E-state index contributed by atoms with van der Waals surface area (Å²) in [6.45, 7) is 3.91. The largest absolute Gasteiger partial charge is 0.497 e. The van der Waals surface area contributed by atoms with Crippen LogP contribution in [0.15, 0.2) is 28.2 Å². The highest BCUT2D eigenvalue weighted by Gasteiger charge is 2.23. The zero-order valence-electron chi connectivity index (χ0n) is 14.5. The third kappa shape index (κ3) is 3.74. The highest BCUT2D eigenvalue weighted by atomic mass is 32.2. The first-order valence-electron chi connectivity index (χ1n) is 7.96. The van der Waals surface area contributed by atoms with Crippen LogP contribution in [0, 0.1) is 6.92 Å². The number of ether oxygens (including phenoxy) is 1. The summed E-state index contributed by atoms with van der Waals surface area (Å²) < 4.78 is 28.5. The molecule has 1 aliphatic heterocycles. The van der Waals surface area contributed by atoms with Crippen LogP contribution in [0.25, 0.3) is 0 Å². The Bertz CT molecular complexity index is 966. The van der Waals surface area contributed by atoms with Gasteiger partial charge in [-0.25, -0.2) is 13.4 Å². The Kier molecular flexibility index (Phi) is 4.66. The van der Waals surface area contributed by atoms with Crippen LogP contribution in [0.5, 0.6) is 5.75 Å². The average molecular weight is 363 g/mol. The normalized spacial score (nSPS) is 15.0. The van der Waals surface area contributed by atoms with Gasteiger partial charge in [0.1, 0.15) is 5.75 Å². The number of nitrogens with zero attached hydrogens (tertiary/aromatic N) is 2. The number of hydrogen-bond donors (Lipinski definition) is 1. The van der Waals surface area contributed by atoms with E-state index in [0.717, 1.165) is 24.1 Å². The molecule has 0 fully saturated rings. The maximum Gasteiger partial charge on any atom is 0.256 e. The highest BCUT2D eigenvalue weighted by Crippen LogP contribution is 2.21. The molecule has 0 spiro atoms. The van der Waals surface area contributed by atoms with Crippen LogP contribution in [-0.2, 0) is 29.3 Å². The molecule has 0 unspecified atom stereocenters. The van der Waals surface area contributed by atoms with E-state index in [0.29, 0.717) is 30.8 Å². The Morgan fingerprint density at radius 1 is 1.36 bits per heavy atom. The maximum absolute atomic E-state index is 12.3. The number of aryl methyl sites for hydroxylation is 1. The summed E-state index contributed by atoms with van der Waals surface area (Å²) in [7, 11) is -1.89. The molecular formula is C17H21N3O4S. The van der Waals surface area contributed by atoms with Crippen molar-refractivity contribution in [3.05, 3.63) is 50.9 Å². The summed E-state index contributed by atoms with van der Waals surface area (Å²) in [5.41, 5.74) is 3.05. The molecule has 0 saturated carbocycles. The van der Waals surface area contributed by atoms with Crippen molar-refractivity contribution in [2.45, 2.75) is 31.6 Å². The van der Waals surface area contributed by atoms with Crippen molar-refractivity contribution in [2.24, 2.45) is 0 Å². The maximum atomic E-state index is 12.3. The van der Waals surface area contributed by atoms with Gasteiger partial charge in [0.15, 0.2) is 0 Å². The van der Waals surface area contributed by atoms with Crippen molar-refractivity contribution in [3.63, 3.8) is 0 Å². The number of hydrogen-bond acceptors (Lipinski definition) is 6. The van der Waals surface area contributed by atoms with Crippen molar-refractivity contribution in [3.8, 4) is 5.75 Å². The number of methoxy groups -OCH3 is 1. The van der Waals surface area contributed by atoms with E-state index in [1.54, 1.807) is 7.11 Å². The van der Waals surface area contributed by atoms with Gasteiger partial charge in [0.25, 0.3) is 5.56 Å². The molecule has 0 saturated heterocycles. The van der Waals surface area contributed by atoms with E-state index in [1.165, 1.54) is 5.56 Å². The first-order chi connectivity index (χ1) is 11.8. The Morgan fingerprint density at radius 3 is 2.76 bits per heavy atom. The van der Waals surface area contributed by atoms with Crippen LogP contribution in [0.3, 0.4) is 0 Å². The van der Waals surface area contributed by atoms with Gasteiger partial charge in [-0.15, -0.1) is 0 Å². The van der Waals surface area contributed by atoms with Crippen molar-refractivity contribution < 1.29 is 13.2 Å². The van der Waals surface area contributed by atoms with E-state index in [9.17, 15) is 13.2 Å². The fourth-order valence-electron chi connectivity index (χ4n) is 2.98. The Balaban J connectivity index is 1.83. The molecule has 2 aromatic rings. The molecule has 1 N–H and O–H groups in total. The van der Waals surface area contributed by atoms with Crippen LogP contribution in [0.4, 0.5) is 0 Å². The number of nitrogens with one attached hydrogen (secondary N) is 1. The molecule has 2 heterocycles. The molecule has 25 heavy (non-hydrogen) atoms. The quantitative estimate of drug-likeness (QED) is 0.817. The molecule has 0 radical (unpaired) electrons. The van der Waals surface area contributed by atoms with Crippen molar-refractivity contribution >= 4 is 9.84 Å². The van der Waals surface area contributed by atoms with Gasteiger partial charge in [-0.3, -0.25) is 14.7 Å². The third-order valence-corrected chi connectivity index (χ3v) is 5.32. The van der Waals surface area contributed by atoms with Crippen LogP contribution in [0.1, 0.15) is 22.4 Å². The molecule has 1 aromatic carbocycles. The monoisotopic (exact) mass is 363 g/mol. The minimum Gasteiger partial charge on any atom is -0.497 e. The zero-order chi connectivity index (χ0) is 18.2. The second-order valence-corrected chi connectivity index (χ2v) is 8.25. The lowest BCUT2D eigenvalue weighted by molar-refractivity contribution is 0.240. The van der Waals surface area contributed by atoms with Gasteiger partial charge in [-0.2, -0.15) is 0 Å². The number of aromatic nitrogens is 2. The number of aromatic amines is 1. The van der Waals surface area contributed by atoms with Gasteiger partial charge < -0.3 is 4.74 Å². The smallest absolute Gasteiger partial charge is 0.256 e. The van der Waals surface area contributed by atoms with E-state index in [1.807, 2.05) is 25.1 Å². The van der Waals surface area contributed by atoms with Gasteiger partial charge in [0.2, 0.25) is 15.0 Å². The van der Waals surface area contributed by atoms with Crippen LogP contribution < -0.4 is 10.3 Å². The Hall–Kier alpha value is -2.19. The lowest BCUT2D eigenvalue weighted by Gasteiger charge is -2.28. The van der Waals surface area contributed by atoms with Crippen molar-refractivity contribution in [2.75, 3.05) is 19.9 Å². The van der Waals surface area contributed by atoms with Crippen molar-refractivity contribution in [1.29, 1.82) is 0 Å². The van der Waals surface area contributed by atoms with Crippen LogP contribution in [0.2, 0.25) is 0 Å². The molecule has 0 atom stereocenters. The number of sulfone groups is 1. The molecule has 0 aliphatic carbocycles. The summed E-state index contributed by atoms with van der Waals surface area (Å²) in [6.07, 6.45) is 1.59. The number of fused-ring (bicyclic) bond motifs is 1. The van der Waals surface area contributed by atoms with E-state index >= 15 is 0 Å². The SMILES string of the molecule is COc1ccc(CN2CCc3nc(S(C)(=O)=O)[nH]c(=O)c3C2)c(C)c1. The molecule has 7 nitrogen and oxygen atoms in total. The predicted octanol–water partition coefficient (Wildman–Crippen LogP) is 1.05. The molecule has 1 aromatic heterocycles.